The average molecular weight is 385 g/mol. The fourth-order valence-electron chi connectivity index (χ4n) is 3.85. The number of carbonyl (C=O) groups is 3. The number of hydrogen-bond acceptors (Lipinski definition) is 5. The molecule has 1 N–H and O–H groups in total. The van der Waals surface area contributed by atoms with Gasteiger partial charge in [-0.05, 0) is 43.0 Å². The highest BCUT2D eigenvalue weighted by atomic mass is 16.5. The average Bonchev–Trinajstić information content (AvgIpc) is 2.73. The van der Waals surface area contributed by atoms with Crippen molar-refractivity contribution >= 4 is 23.5 Å². The molecule has 0 unspecified atom stereocenters. The molecule has 1 aromatic rings. The minimum atomic E-state index is -1.20. The van der Waals surface area contributed by atoms with Gasteiger partial charge in [0, 0.05) is 36.2 Å². The maximum absolute atomic E-state index is 12.8. The van der Waals surface area contributed by atoms with E-state index < -0.39 is 17.8 Å². The van der Waals surface area contributed by atoms with E-state index in [4.69, 9.17) is 4.74 Å². The molecule has 0 aromatic heterocycles. The number of anilines is 1. The highest BCUT2D eigenvalue weighted by molar-refractivity contribution is 5.97. The van der Waals surface area contributed by atoms with Crippen molar-refractivity contribution in [2.75, 3.05) is 31.6 Å². The molecule has 3 atom stereocenters. The van der Waals surface area contributed by atoms with Crippen LogP contribution in [0, 0.1) is 17.8 Å². The van der Waals surface area contributed by atoms with Gasteiger partial charge in [0.05, 0.1) is 19.1 Å². The monoisotopic (exact) mass is 385 g/mol. The molecule has 1 fully saturated rings. The SMILES string of the molecule is CC[C@H]1C=CC[C@H](C(=O)[O-])[C@@H]1C(=O)Nc1ccc(C(=O)N2CCOCC2)cc1. The van der Waals surface area contributed by atoms with Gasteiger partial charge >= 0.3 is 0 Å². The number of morpholine rings is 1. The lowest BCUT2D eigenvalue weighted by Gasteiger charge is -2.34. The largest absolute Gasteiger partial charge is 0.550 e. The minimum Gasteiger partial charge on any atom is -0.550 e. The van der Waals surface area contributed by atoms with Crippen LogP contribution < -0.4 is 10.4 Å². The van der Waals surface area contributed by atoms with E-state index in [1.165, 1.54) is 0 Å². The van der Waals surface area contributed by atoms with Crippen LogP contribution in [-0.4, -0.2) is 49.0 Å². The number of carbonyl (C=O) groups excluding carboxylic acids is 3. The number of rotatable bonds is 5. The summed E-state index contributed by atoms with van der Waals surface area (Å²) in [6.45, 7) is 4.13. The Morgan fingerprint density at radius 1 is 1.18 bits per heavy atom. The third-order valence-electron chi connectivity index (χ3n) is 5.44. The van der Waals surface area contributed by atoms with Crippen LogP contribution in [0.5, 0.6) is 0 Å². The van der Waals surface area contributed by atoms with Gasteiger partial charge in [0.1, 0.15) is 0 Å². The summed E-state index contributed by atoms with van der Waals surface area (Å²) >= 11 is 0. The molecule has 1 heterocycles. The van der Waals surface area contributed by atoms with Gasteiger partial charge in [-0.1, -0.05) is 19.1 Å². The number of carboxylic acid groups (broad SMARTS) is 1. The summed E-state index contributed by atoms with van der Waals surface area (Å²) in [5, 5.41) is 14.3. The Balaban J connectivity index is 1.68. The van der Waals surface area contributed by atoms with Crippen molar-refractivity contribution in [2.45, 2.75) is 19.8 Å². The number of benzene rings is 1. The van der Waals surface area contributed by atoms with E-state index in [-0.39, 0.29) is 17.7 Å². The van der Waals surface area contributed by atoms with Crippen molar-refractivity contribution in [3.63, 3.8) is 0 Å². The third-order valence-corrected chi connectivity index (χ3v) is 5.44. The van der Waals surface area contributed by atoms with E-state index in [0.29, 0.717) is 50.4 Å². The normalized spacial score (nSPS) is 24.6. The molecule has 1 aliphatic carbocycles. The summed E-state index contributed by atoms with van der Waals surface area (Å²) in [5.41, 5.74) is 1.07. The number of nitrogens with one attached hydrogen (secondary N) is 1. The van der Waals surface area contributed by atoms with E-state index >= 15 is 0 Å². The number of carboxylic acids is 1. The Labute approximate surface area is 164 Å². The molecule has 0 spiro atoms. The van der Waals surface area contributed by atoms with Crippen LogP contribution in [0.25, 0.3) is 0 Å². The van der Waals surface area contributed by atoms with Gasteiger partial charge in [-0.25, -0.2) is 0 Å². The zero-order valence-corrected chi connectivity index (χ0v) is 15.9. The van der Waals surface area contributed by atoms with E-state index in [2.05, 4.69) is 5.32 Å². The minimum absolute atomic E-state index is 0.0679. The lowest BCUT2D eigenvalue weighted by Crippen LogP contribution is -2.44. The third kappa shape index (κ3) is 4.42. The Kier molecular flexibility index (Phi) is 6.46. The first-order valence-electron chi connectivity index (χ1n) is 9.66. The molecule has 0 bridgehead atoms. The number of allylic oxidation sites excluding steroid dienone is 2. The molecule has 3 rings (SSSR count). The summed E-state index contributed by atoms with van der Waals surface area (Å²) in [6, 6.07) is 6.67. The van der Waals surface area contributed by atoms with Crippen LogP contribution in [-0.2, 0) is 14.3 Å². The van der Waals surface area contributed by atoms with Crippen molar-refractivity contribution in [2.24, 2.45) is 17.8 Å². The zero-order chi connectivity index (χ0) is 20.1. The molecule has 150 valence electrons. The number of nitrogens with zero attached hydrogens (tertiary/aromatic N) is 1. The number of aliphatic carboxylic acids is 1. The summed E-state index contributed by atoms with van der Waals surface area (Å²) in [7, 11) is 0. The van der Waals surface area contributed by atoms with E-state index in [1.807, 2.05) is 19.1 Å². The number of hydrogen-bond donors (Lipinski definition) is 1. The van der Waals surface area contributed by atoms with Crippen molar-refractivity contribution in [1.29, 1.82) is 0 Å². The van der Waals surface area contributed by atoms with Crippen LogP contribution in [0.4, 0.5) is 5.69 Å². The maximum atomic E-state index is 12.8. The van der Waals surface area contributed by atoms with E-state index in [1.54, 1.807) is 29.2 Å². The Hall–Kier alpha value is -2.67. The summed E-state index contributed by atoms with van der Waals surface area (Å²) in [4.78, 5) is 38.5. The first kappa shape index (κ1) is 20.1. The highest BCUT2D eigenvalue weighted by Crippen LogP contribution is 2.33. The lowest BCUT2D eigenvalue weighted by molar-refractivity contribution is -0.313. The van der Waals surface area contributed by atoms with Gasteiger partial charge in [-0.3, -0.25) is 9.59 Å². The highest BCUT2D eigenvalue weighted by Gasteiger charge is 2.36. The second-order valence-electron chi connectivity index (χ2n) is 7.16. The van der Waals surface area contributed by atoms with Crippen LogP contribution in [0.15, 0.2) is 36.4 Å². The van der Waals surface area contributed by atoms with Gasteiger partial charge < -0.3 is 24.9 Å². The topological polar surface area (TPSA) is 98.8 Å². The fourth-order valence-corrected chi connectivity index (χ4v) is 3.85. The first-order valence-corrected chi connectivity index (χ1v) is 9.66. The second-order valence-corrected chi connectivity index (χ2v) is 7.16. The molecule has 0 radical (unpaired) electrons. The Bertz CT molecular complexity index is 753. The summed E-state index contributed by atoms with van der Waals surface area (Å²) in [5.74, 6) is -3.25. The summed E-state index contributed by atoms with van der Waals surface area (Å²) < 4.78 is 5.26. The molecular formula is C21H25N2O5-. The van der Waals surface area contributed by atoms with Gasteiger partial charge in [0.15, 0.2) is 0 Å². The molecule has 7 nitrogen and oxygen atoms in total. The molecule has 1 aliphatic heterocycles. The maximum Gasteiger partial charge on any atom is 0.254 e. The molecule has 1 saturated heterocycles. The first-order chi connectivity index (χ1) is 13.5. The second kappa shape index (κ2) is 9.01. The smallest absolute Gasteiger partial charge is 0.254 e. The molecule has 7 heteroatoms. The molecular weight excluding hydrogens is 360 g/mol. The predicted molar refractivity (Wildman–Crippen MR) is 101 cm³/mol. The Morgan fingerprint density at radius 2 is 1.86 bits per heavy atom. The van der Waals surface area contributed by atoms with Gasteiger partial charge in [0.2, 0.25) is 5.91 Å². The molecule has 28 heavy (non-hydrogen) atoms. The van der Waals surface area contributed by atoms with Crippen LogP contribution in [0.3, 0.4) is 0 Å². The number of amides is 2. The van der Waals surface area contributed by atoms with Crippen LogP contribution in [0.1, 0.15) is 30.1 Å². The fraction of sp³-hybridized carbons (Fsp3) is 0.476. The quantitative estimate of drug-likeness (QED) is 0.765. The van der Waals surface area contributed by atoms with Crippen molar-refractivity contribution in [3.8, 4) is 0 Å². The van der Waals surface area contributed by atoms with Gasteiger partial charge in [0.25, 0.3) is 5.91 Å². The molecule has 0 saturated carbocycles. The van der Waals surface area contributed by atoms with Gasteiger partial charge in [-0.15, -0.1) is 0 Å². The molecule has 2 amide bonds. The van der Waals surface area contributed by atoms with E-state index in [9.17, 15) is 19.5 Å². The standard InChI is InChI=1S/C21H26N2O5/c1-2-14-4-3-5-17(21(26)27)18(14)19(24)22-16-8-6-15(7-9-16)20(25)23-10-12-28-13-11-23/h3-4,6-9,14,17-18H,2,5,10-13H2,1H3,(H,22,24)(H,26,27)/p-1/t14-,17-,18+/m0/s1. The van der Waals surface area contributed by atoms with Crippen LogP contribution in [0.2, 0.25) is 0 Å². The van der Waals surface area contributed by atoms with Crippen molar-refractivity contribution in [3.05, 3.63) is 42.0 Å². The van der Waals surface area contributed by atoms with Crippen molar-refractivity contribution < 1.29 is 24.2 Å². The van der Waals surface area contributed by atoms with Gasteiger partial charge in [-0.2, -0.15) is 0 Å². The molecule has 1 aromatic carbocycles. The molecule has 2 aliphatic rings. The lowest BCUT2D eigenvalue weighted by atomic mass is 9.74. The van der Waals surface area contributed by atoms with Crippen molar-refractivity contribution in [1.82, 2.24) is 4.90 Å². The predicted octanol–water partition coefficient (Wildman–Crippen LogP) is 1.07. The summed E-state index contributed by atoms with van der Waals surface area (Å²) in [6.07, 6.45) is 4.69. The number of ether oxygens (including phenoxy) is 1. The van der Waals surface area contributed by atoms with E-state index in [0.717, 1.165) is 0 Å². The van der Waals surface area contributed by atoms with Crippen LogP contribution >= 0.6 is 0 Å². The Morgan fingerprint density at radius 3 is 2.46 bits per heavy atom. The zero-order valence-electron chi connectivity index (χ0n) is 15.9.